The third-order valence-electron chi connectivity index (χ3n) is 4.45. The van der Waals surface area contributed by atoms with Crippen LogP contribution in [0.2, 0.25) is 0 Å². The van der Waals surface area contributed by atoms with Crippen molar-refractivity contribution in [1.29, 1.82) is 0 Å². The van der Waals surface area contributed by atoms with Gasteiger partial charge in [-0.25, -0.2) is 0 Å². The number of amides is 1. The van der Waals surface area contributed by atoms with E-state index in [0.717, 1.165) is 5.56 Å². The van der Waals surface area contributed by atoms with Crippen molar-refractivity contribution in [3.05, 3.63) is 35.9 Å². The van der Waals surface area contributed by atoms with Crippen molar-refractivity contribution < 1.29 is 19.4 Å². The Hall–Kier alpha value is -1.88. The van der Waals surface area contributed by atoms with Crippen molar-refractivity contribution in [3.8, 4) is 0 Å². The van der Waals surface area contributed by atoms with Crippen LogP contribution in [0.1, 0.15) is 32.3 Å². The Kier molecular flexibility index (Phi) is 6.16. The van der Waals surface area contributed by atoms with E-state index in [4.69, 9.17) is 4.74 Å². The standard InChI is InChI=1S/C18H25NO4/c1-12-10-15(8-9-23-12)17(20)19-13(2)16(18(21)22)11-14-6-4-3-5-7-14/h3-7,12-13,15-16H,8-11H2,1-2H3,(H,19,20)(H,21,22). The quantitative estimate of drug-likeness (QED) is 0.843. The van der Waals surface area contributed by atoms with Crippen LogP contribution in [0.5, 0.6) is 0 Å². The number of aliphatic carboxylic acids is 1. The molecule has 0 spiro atoms. The summed E-state index contributed by atoms with van der Waals surface area (Å²) in [5, 5.41) is 12.4. The van der Waals surface area contributed by atoms with Gasteiger partial charge in [0.2, 0.25) is 5.91 Å². The molecule has 1 fully saturated rings. The summed E-state index contributed by atoms with van der Waals surface area (Å²) in [5.41, 5.74) is 0.959. The smallest absolute Gasteiger partial charge is 0.308 e. The summed E-state index contributed by atoms with van der Waals surface area (Å²) in [4.78, 5) is 24.0. The maximum absolute atomic E-state index is 12.4. The third-order valence-corrected chi connectivity index (χ3v) is 4.45. The monoisotopic (exact) mass is 319 g/mol. The highest BCUT2D eigenvalue weighted by Gasteiger charge is 2.30. The summed E-state index contributed by atoms with van der Waals surface area (Å²) >= 11 is 0. The number of nitrogens with one attached hydrogen (secondary N) is 1. The Bertz CT molecular complexity index is 531. The van der Waals surface area contributed by atoms with Gasteiger partial charge in [-0.15, -0.1) is 0 Å². The zero-order valence-electron chi connectivity index (χ0n) is 13.7. The van der Waals surface area contributed by atoms with E-state index in [0.29, 0.717) is 25.9 Å². The first-order valence-corrected chi connectivity index (χ1v) is 8.16. The molecular formula is C18H25NO4. The molecule has 23 heavy (non-hydrogen) atoms. The minimum absolute atomic E-state index is 0.0630. The van der Waals surface area contributed by atoms with E-state index < -0.39 is 17.9 Å². The van der Waals surface area contributed by atoms with E-state index in [1.54, 1.807) is 6.92 Å². The van der Waals surface area contributed by atoms with Gasteiger partial charge in [0, 0.05) is 18.6 Å². The molecule has 1 aliphatic heterocycles. The van der Waals surface area contributed by atoms with Gasteiger partial charge in [0.05, 0.1) is 12.0 Å². The molecule has 0 aromatic heterocycles. The fourth-order valence-electron chi connectivity index (χ4n) is 3.02. The minimum Gasteiger partial charge on any atom is -0.481 e. The fourth-order valence-corrected chi connectivity index (χ4v) is 3.02. The van der Waals surface area contributed by atoms with E-state index in [2.05, 4.69) is 5.32 Å². The van der Waals surface area contributed by atoms with Crippen LogP contribution >= 0.6 is 0 Å². The number of rotatable bonds is 6. The molecule has 0 saturated carbocycles. The van der Waals surface area contributed by atoms with Crippen LogP contribution in [0.4, 0.5) is 0 Å². The molecule has 5 heteroatoms. The van der Waals surface area contributed by atoms with Gasteiger partial charge < -0.3 is 15.2 Å². The molecule has 4 unspecified atom stereocenters. The van der Waals surface area contributed by atoms with Gasteiger partial charge in [-0.2, -0.15) is 0 Å². The molecule has 1 aromatic rings. The van der Waals surface area contributed by atoms with Gasteiger partial charge in [-0.3, -0.25) is 9.59 Å². The van der Waals surface area contributed by atoms with Gasteiger partial charge >= 0.3 is 5.97 Å². The topological polar surface area (TPSA) is 75.6 Å². The second-order valence-electron chi connectivity index (χ2n) is 6.33. The molecule has 2 N–H and O–H groups in total. The summed E-state index contributed by atoms with van der Waals surface area (Å²) in [6.07, 6.45) is 1.87. The summed E-state index contributed by atoms with van der Waals surface area (Å²) in [6, 6.07) is 9.08. The Morgan fingerprint density at radius 1 is 1.35 bits per heavy atom. The molecule has 126 valence electrons. The molecule has 0 aliphatic carbocycles. The van der Waals surface area contributed by atoms with E-state index >= 15 is 0 Å². The largest absolute Gasteiger partial charge is 0.481 e. The van der Waals surface area contributed by atoms with Gasteiger partial charge in [-0.1, -0.05) is 30.3 Å². The normalized spacial score (nSPS) is 23.7. The number of benzene rings is 1. The number of hydrogen-bond acceptors (Lipinski definition) is 3. The second kappa shape index (κ2) is 8.11. The van der Waals surface area contributed by atoms with Crippen LogP contribution in [0.25, 0.3) is 0 Å². The lowest BCUT2D eigenvalue weighted by Gasteiger charge is -2.29. The van der Waals surface area contributed by atoms with Crippen molar-refractivity contribution >= 4 is 11.9 Å². The molecular weight excluding hydrogens is 294 g/mol. The Balaban J connectivity index is 1.96. The molecule has 0 bridgehead atoms. The summed E-state index contributed by atoms with van der Waals surface area (Å²) in [6.45, 7) is 4.31. The van der Waals surface area contributed by atoms with Crippen LogP contribution in [-0.4, -0.2) is 35.7 Å². The van der Waals surface area contributed by atoms with Crippen LogP contribution in [0, 0.1) is 11.8 Å². The average Bonchev–Trinajstić information content (AvgIpc) is 2.53. The Labute approximate surface area is 137 Å². The van der Waals surface area contributed by atoms with Crippen molar-refractivity contribution in [2.75, 3.05) is 6.61 Å². The van der Waals surface area contributed by atoms with E-state index in [1.807, 2.05) is 37.3 Å². The molecule has 4 atom stereocenters. The number of hydrogen-bond donors (Lipinski definition) is 2. The zero-order valence-corrected chi connectivity index (χ0v) is 13.7. The number of carboxylic acids is 1. The highest BCUT2D eigenvalue weighted by Crippen LogP contribution is 2.21. The summed E-state index contributed by atoms with van der Waals surface area (Å²) < 4.78 is 5.45. The van der Waals surface area contributed by atoms with Crippen molar-refractivity contribution in [2.24, 2.45) is 11.8 Å². The lowest BCUT2D eigenvalue weighted by molar-refractivity contribution is -0.143. The molecule has 1 aliphatic rings. The summed E-state index contributed by atoms with van der Waals surface area (Å²) in [7, 11) is 0. The van der Waals surface area contributed by atoms with Gasteiger partial charge in [0.15, 0.2) is 0 Å². The summed E-state index contributed by atoms with van der Waals surface area (Å²) in [5.74, 6) is -1.68. The van der Waals surface area contributed by atoms with Crippen LogP contribution in [0.15, 0.2) is 30.3 Å². The first kappa shape index (κ1) is 17.5. The molecule has 0 radical (unpaired) electrons. The van der Waals surface area contributed by atoms with E-state index in [9.17, 15) is 14.7 Å². The van der Waals surface area contributed by atoms with Gasteiger partial charge in [0.25, 0.3) is 0 Å². The maximum Gasteiger partial charge on any atom is 0.308 e. The number of carbonyl (C=O) groups is 2. The Morgan fingerprint density at radius 3 is 2.65 bits per heavy atom. The predicted octanol–water partition coefficient (Wildman–Crippen LogP) is 2.25. The number of carbonyl (C=O) groups excluding carboxylic acids is 1. The van der Waals surface area contributed by atoms with E-state index in [1.165, 1.54) is 0 Å². The first-order valence-electron chi connectivity index (χ1n) is 8.16. The highest BCUT2D eigenvalue weighted by atomic mass is 16.5. The zero-order chi connectivity index (χ0) is 16.8. The second-order valence-corrected chi connectivity index (χ2v) is 6.33. The lowest BCUT2D eigenvalue weighted by Crippen LogP contribution is -2.46. The molecule has 2 rings (SSSR count). The highest BCUT2D eigenvalue weighted by molar-refractivity contribution is 5.80. The van der Waals surface area contributed by atoms with Crippen molar-refractivity contribution in [2.45, 2.75) is 45.3 Å². The van der Waals surface area contributed by atoms with Crippen LogP contribution in [-0.2, 0) is 20.7 Å². The predicted molar refractivity (Wildman–Crippen MR) is 87.0 cm³/mol. The molecule has 5 nitrogen and oxygen atoms in total. The van der Waals surface area contributed by atoms with Crippen LogP contribution < -0.4 is 5.32 Å². The molecule has 1 heterocycles. The van der Waals surface area contributed by atoms with Crippen molar-refractivity contribution in [3.63, 3.8) is 0 Å². The third kappa shape index (κ3) is 5.06. The first-order chi connectivity index (χ1) is 11.0. The fraction of sp³-hybridized carbons (Fsp3) is 0.556. The number of ether oxygens (including phenoxy) is 1. The van der Waals surface area contributed by atoms with E-state index in [-0.39, 0.29) is 17.9 Å². The molecule has 1 amide bonds. The molecule has 1 aromatic carbocycles. The maximum atomic E-state index is 12.4. The number of carboxylic acid groups (broad SMARTS) is 1. The Morgan fingerprint density at radius 2 is 2.04 bits per heavy atom. The van der Waals surface area contributed by atoms with Gasteiger partial charge in [0.1, 0.15) is 0 Å². The van der Waals surface area contributed by atoms with Crippen LogP contribution in [0.3, 0.4) is 0 Å². The average molecular weight is 319 g/mol. The SMILES string of the molecule is CC1CC(C(=O)NC(C)C(Cc2ccccc2)C(=O)O)CCO1. The molecule has 1 saturated heterocycles. The van der Waals surface area contributed by atoms with Gasteiger partial charge in [-0.05, 0) is 38.7 Å². The van der Waals surface area contributed by atoms with Crippen molar-refractivity contribution in [1.82, 2.24) is 5.32 Å². The minimum atomic E-state index is -0.887. The lowest BCUT2D eigenvalue weighted by atomic mass is 9.91.